The number of esters is 1. The van der Waals surface area contributed by atoms with Crippen molar-refractivity contribution in [2.45, 2.75) is 45.3 Å². The van der Waals surface area contributed by atoms with Crippen LogP contribution in [0.4, 0.5) is 0 Å². The number of hydrogen-bond acceptors (Lipinski definition) is 4. The lowest BCUT2D eigenvalue weighted by Gasteiger charge is -2.24. The maximum absolute atomic E-state index is 11.3. The maximum Gasteiger partial charge on any atom is 0.309 e. The van der Waals surface area contributed by atoms with Crippen LogP contribution in [0.3, 0.4) is 0 Å². The number of aliphatic hydroxyl groups excluding tert-OH is 1. The third-order valence-corrected chi connectivity index (χ3v) is 2.17. The van der Waals surface area contributed by atoms with Gasteiger partial charge in [-0.05, 0) is 20.3 Å². The Bertz CT molecular complexity index is 173. The van der Waals surface area contributed by atoms with Crippen molar-refractivity contribution in [2.24, 2.45) is 0 Å². The first-order chi connectivity index (χ1) is 6.45. The highest BCUT2D eigenvalue weighted by atomic mass is 16.6. The zero-order valence-electron chi connectivity index (χ0n) is 9.37. The summed E-state index contributed by atoms with van der Waals surface area (Å²) in [5, 5.41) is 8.80. The highest BCUT2D eigenvalue weighted by Crippen LogP contribution is 2.15. The summed E-state index contributed by atoms with van der Waals surface area (Å²) in [6.07, 6.45) is 0.390. The summed E-state index contributed by atoms with van der Waals surface area (Å²) in [6.45, 7) is 5.49. The van der Waals surface area contributed by atoms with E-state index in [2.05, 4.69) is 0 Å². The Morgan fingerprint density at radius 3 is 2.43 bits per heavy atom. The van der Waals surface area contributed by atoms with Crippen molar-refractivity contribution in [3.8, 4) is 0 Å². The number of rotatable bonds is 6. The predicted molar refractivity (Wildman–Crippen MR) is 53.0 cm³/mol. The largest absolute Gasteiger partial charge is 0.460 e. The second kappa shape index (κ2) is 5.98. The number of methoxy groups -OCH3 is 1. The molecule has 14 heavy (non-hydrogen) atoms. The molecule has 4 heteroatoms. The van der Waals surface area contributed by atoms with Crippen LogP contribution in [0.2, 0.25) is 0 Å². The molecular weight excluding hydrogens is 184 g/mol. The fraction of sp³-hybridized carbons (Fsp3) is 0.900. The molecule has 1 unspecified atom stereocenters. The summed E-state index contributed by atoms with van der Waals surface area (Å²) in [4.78, 5) is 11.3. The molecule has 0 aliphatic rings. The van der Waals surface area contributed by atoms with Crippen LogP contribution in [0, 0.1) is 0 Å². The number of carbonyl (C=O) groups excluding carboxylic acids is 1. The number of hydrogen-bond donors (Lipinski definition) is 1. The van der Waals surface area contributed by atoms with E-state index in [1.165, 1.54) is 7.11 Å². The normalized spacial score (nSPS) is 13.8. The van der Waals surface area contributed by atoms with E-state index in [9.17, 15) is 4.79 Å². The van der Waals surface area contributed by atoms with Gasteiger partial charge >= 0.3 is 5.97 Å². The molecule has 0 radical (unpaired) electrons. The molecule has 0 aliphatic carbocycles. The van der Waals surface area contributed by atoms with Crippen molar-refractivity contribution >= 4 is 5.97 Å². The lowest BCUT2D eigenvalue weighted by Crippen LogP contribution is -2.30. The molecule has 0 aromatic carbocycles. The molecule has 0 rings (SSSR count). The third kappa shape index (κ3) is 5.19. The average Bonchev–Trinajstić information content (AvgIpc) is 2.13. The molecule has 0 heterocycles. The summed E-state index contributed by atoms with van der Waals surface area (Å²) in [5.41, 5.74) is -0.440. The van der Waals surface area contributed by atoms with E-state index >= 15 is 0 Å². The molecule has 4 nitrogen and oxygen atoms in total. The van der Waals surface area contributed by atoms with Gasteiger partial charge < -0.3 is 14.6 Å². The molecule has 84 valence electrons. The molecule has 0 amide bonds. The first-order valence-corrected chi connectivity index (χ1v) is 4.80. The van der Waals surface area contributed by atoms with Crippen LogP contribution in [-0.2, 0) is 14.3 Å². The Labute approximate surface area is 85.2 Å². The Morgan fingerprint density at radius 1 is 1.50 bits per heavy atom. The van der Waals surface area contributed by atoms with Gasteiger partial charge in [-0.15, -0.1) is 0 Å². The van der Waals surface area contributed by atoms with Crippen LogP contribution in [0.5, 0.6) is 0 Å². The van der Waals surface area contributed by atoms with Crippen LogP contribution in [0.15, 0.2) is 0 Å². The summed E-state index contributed by atoms with van der Waals surface area (Å²) >= 11 is 0. The monoisotopic (exact) mass is 204 g/mol. The van der Waals surface area contributed by atoms with E-state index in [0.29, 0.717) is 0 Å². The van der Waals surface area contributed by atoms with Gasteiger partial charge in [-0.25, -0.2) is 0 Å². The highest BCUT2D eigenvalue weighted by Gasteiger charge is 2.22. The molecule has 0 saturated carbocycles. The van der Waals surface area contributed by atoms with Crippen molar-refractivity contribution in [2.75, 3.05) is 13.7 Å². The van der Waals surface area contributed by atoms with Crippen molar-refractivity contribution in [1.82, 2.24) is 0 Å². The lowest BCUT2D eigenvalue weighted by molar-refractivity contribution is -0.160. The predicted octanol–water partition coefficient (Wildman–Crippen LogP) is 1.12. The van der Waals surface area contributed by atoms with E-state index in [0.717, 1.165) is 6.42 Å². The van der Waals surface area contributed by atoms with E-state index in [4.69, 9.17) is 14.6 Å². The minimum absolute atomic E-state index is 0.0937. The Hall–Kier alpha value is -0.610. The molecule has 1 N–H and O–H groups in total. The number of ether oxygens (including phenoxy) is 2. The van der Waals surface area contributed by atoms with Gasteiger partial charge in [-0.2, -0.15) is 0 Å². The van der Waals surface area contributed by atoms with Crippen molar-refractivity contribution in [3.05, 3.63) is 0 Å². The van der Waals surface area contributed by atoms with Gasteiger partial charge in [0.25, 0.3) is 0 Å². The number of aliphatic hydroxyl groups is 1. The Balaban J connectivity index is 3.97. The fourth-order valence-corrected chi connectivity index (χ4v) is 0.830. The second-order valence-electron chi connectivity index (χ2n) is 3.83. The van der Waals surface area contributed by atoms with Crippen LogP contribution in [0.1, 0.15) is 33.6 Å². The van der Waals surface area contributed by atoms with Crippen LogP contribution < -0.4 is 0 Å². The van der Waals surface area contributed by atoms with Gasteiger partial charge in [0, 0.05) is 7.11 Å². The lowest BCUT2D eigenvalue weighted by atomic mass is 10.1. The van der Waals surface area contributed by atoms with Gasteiger partial charge in [0.1, 0.15) is 5.60 Å². The van der Waals surface area contributed by atoms with Gasteiger partial charge in [0.15, 0.2) is 0 Å². The quantitative estimate of drug-likeness (QED) is 0.659. The van der Waals surface area contributed by atoms with Crippen LogP contribution >= 0.6 is 0 Å². The molecule has 0 fully saturated rings. The zero-order chi connectivity index (χ0) is 11.2. The molecule has 1 atom stereocenters. The SMILES string of the molecule is CCC(C)(C)OC(=O)CC(CO)OC. The van der Waals surface area contributed by atoms with Gasteiger partial charge in [-0.1, -0.05) is 6.92 Å². The smallest absolute Gasteiger partial charge is 0.309 e. The summed E-state index contributed by atoms with van der Waals surface area (Å²) in [6, 6.07) is 0. The van der Waals surface area contributed by atoms with E-state index in [1.807, 2.05) is 20.8 Å². The van der Waals surface area contributed by atoms with E-state index in [1.54, 1.807) is 0 Å². The van der Waals surface area contributed by atoms with Crippen LogP contribution in [-0.4, -0.2) is 36.5 Å². The third-order valence-electron chi connectivity index (χ3n) is 2.17. The summed E-state index contributed by atoms with van der Waals surface area (Å²) in [5.74, 6) is -0.335. The van der Waals surface area contributed by atoms with Crippen LogP contribution in [0.25, 0.3) is 0 Å². The molecule has 0 aromatic heterocycles. The minimum atomic E-state index is -0.463. The molecule has 0 bridgehead atoms. The fourth-order valence-electron chi connectivity index (χ4n) is 0.830. The molecule has 0 spiro atoms. The van der Waals surface area contributed by atoms with Gasteiger partial charge in [0.2, 0.25) is 0 Å². The Morgan fingerprint density at radius 2 is 2.07 bits per heavy atom. The molecular formula is C10H20O4. The average molecular weight is 204 g/mol. The Kier molecular flexibility index (Phi) is 5.72. The molecule has 0 aliphatic heterocycles. The highest BCUT2D eigenvalue weighted by molar-refractivity contribution is 5.70. The maximum atomic E-state index is 11.3. The standard InChI is InChI=1S/C10H20O4/c1-5-10(2,3)14-9(12)6-8(7-11)13-4/h8,11H,5-7H2,1-4H3. The van der Waals surface area contributed by atoms with E-state index in [-0.39, 0.29) is 19.0 Å². The number of carbonyl (C=O) groups is 1. The van der Waals surface area contributed by atoms with Gasteiger partial charge in [0.05, 0.1) is 19.1 Å². The van der Waals surface area contributed by atoms with Crippen molar-refractivity contribution in [3.63, 3.8) is 0 Å². The summed E-state index contributed by atoms with van der Waals surface area (Å²) < 4.78 is 10.1. The second-order valence-corrected chi connectivity index (χ2v) is 3.83. The van der Waals surface area contributed by atoms with Crippen molar-refractivity contribution in [1.29, 1.82) is 0 Å². The minimum Gasteiger partial charge on any atom is -0.460 e. The summed E-state index contributed by atoms with van der Waals surface area (Å²) in [7, 11) is 1.46. The van der Waals surface area contributed by atoms with E-state index < -0.39 is 11.7 Å². The topological polar surface area (TPSA) is 55.8 Å². The zero-order valence-corrected chi connectivity index (χ0v) is 9.37. The molecule has 0 saturated heterocycles. The molecule has 0 aromatic rings. The first kappa shape index (κ1) is 13.4. The van der Waals surface area contributed by atoms with Gasteiger partial charge in [-0.3, -0.25) is 4.79 Å². The van der Waals surface area contributed by atoms with Crippen molar-refractivity contribution < 1.29 is 19.4 Å². The first-order valence-electron chi connectivity index (χ1n) is 4.80.